The summed E-state index contributed by atoms with van der Waals surface area (Å²) in [5, 5.41) is 5.48. The zero-order valence-electron chi connectivity index (χ0n) is 11.0. The van der Waals surface area contributed by atoms with E-state index in [4.69, 9.17) is 0 Å². The van der Waals surface area contributed by atoms with Crippen molar-refractivity contribution in [2.75, 3.05) is 11.9 Å². The molecule has 0 unspecified atom stereocenters. The lowest BCUT2D eigenvalue weighted by Crippen LogP contribution is -2.28. The van der Waals surface area contributed by atoms with Crippen molar-refractivity contribution in [1.82, 2.24) is 5.32 Å². The summed E-state index contributed by atoms with van der Waals surface area (Å²) in [6.45, 7) is 0.0737. The van der Waals surface area contributed by atoms with E-state index in [9.17, 15) is 13.6 Å². The molecule has 0 spiro atoms. The smallest absolute Gasteiger partial charge is 0.238 e. The maximum absolute atomic E-state index is 13.4. The van der Waals surface area contributed by atoms with Gasteiger partial charge in [-0.05, 0) is 46.3 Å². The van der Waals surface area contributed by atoms with Crippen LogP contribution in [0, 0.1) is 11.6 Å². The van der Waals surface area contributed by atoms with Gasteiger partial charge in [0.15, 0.2) is 0 Å². The molecule has 6 heteroatoms. The number of halogens is 3. The Bertz CT molecular complexity index is 649. The quantitative estimate of drug-likeness (QED) is 0.863. The molecule has 0 aliphatic rings. The highest BCUT2D eigenvalue weighted by atomic mass is 79.9. The van der Waals surface area contributed by atoms with Gasteiger partial charge in [0.05, 0.1) is 12.2 Å². The van der Waals surface area contributed by atoms with E-state index >= 15 is 0 Å². The number of carbonyl (C=O) groups excluding carboxylic acids is 1. The summed E-state index contributed by atoms with van der Waals surface area (Å²) in [6.07, 6.45) is 0. The monoisotopic (exact) mass is 354 g/mol. The molecule has 1 amide bonds. The van der Waals surface area contributed by atoms with Crippen LogP contribution in [0.25, 0.3) is 0 Å². The molecule has 0 saturated heterocycles. The van der Waals surface area contributed by atoms with E-state index in [0.717, 1.165) is 22.7 Å². The minimum Gasteiger partial charge on any atom is -0.324 e. The molecular formula is C15H13BrF2N2O. The summed E-state index contributed by atoms with van der Waals surface area (Å²) in [5.41, 5.74) is 0.838. The highest BCUT2D eigenvalue weighted by Gasteiger charge is 2.07. The minimum atomic E-state index is -0.508. The minimum absolute atomic E-state index is 0.00269. The number of carbonyl (C=O) groups is 1. The van der Waals surface area contributed by atoms with Gasteiger partial charge in [-0.15, -0.1) is 0 Å². The summed E-state index contributed by atoms with van der Waals surface area (Å²) in [6, 6.07) is 10.4. The maximum Gasteiger partial charge on any atom is 0.238 e. The Morgan fingerprint density at radius 3 is 2.67 bits per heavy atom. The normalized spacial score (nSPS) is 10.4. The van der Waals surface area contributed by atoms with Crippen LogP contribution in [-0.4, -0.2) is 12.5 Å². The fourth-order valence-corrected chi connectivity index (χ4v) is 2.13. The van der Waals surface area contributed by atoms with Gasteiger partial charge in [-0.3, -0.25) is 4.79 Å². The first-order valence-electron chi connectivity index (χ1n) is 6.25. The molecule has 0 aliphatic heterocycles. The fraction of sp³-hybridized carbons (Fsp3) is 0.133. The van der Waals surface area contributed by atoms with Crippen LogP contribution in [0.15, 0.2) is 46.9 Å². The lowest BCUT2D eigenvalue weighted by Gasteiger charge is -2.09. The van der Waals surface area contributed by atoms with Gasteiger partial charge >= 0.3 is 0 Å². The van der Waals surface area contributed by atoms with Crippen molar-refractivity contribution in [3.63, 3.8) is 0 Å². The molecule has 0 fully saturated rings. The average Bonchev–Trinajstić information content (AvgIpc) is 2.45. The number of hydrogen-bond acceptors (Lipinski definition) is 2. The molecule has 2 aromatic carbocycles. The van der Waals surface area contributed by atoms with Crippen molar-refractivity contribution in [3.05, 3.63) is 64.1 Å². The van der Waals surface area contributed by atoms with Crippen LogP contribution >= 0.6 is 15.9 Å². The molecule has 0 radical (unpaired) electrons. The van der Waals surface area contributed by atoms with E-state index in [0.29, 0.717) is 5.69 Å². The van der Waals surface area contributed by atoms with E-state index in [1.807, 2.05) is 12.1 Å². The number of nitrogens with one attached hydrogen (secondary N) is 2. The number of para-hydroxylation sites is 1. The van der Waals surface area contributed by atoms with Crippen LogP contribution < -0.4 is 10.6 Å². The van der Waals surface area contributed by atoms with Crippen LogP contribution in [0.2, 0.25) is 0 Å². The Kier molecular flexibility index (Phi) is 5.41. The molecule has 110 valence electrons. The summed E-state index contributed by atoms with van der Waals surface area (Å²) in [5.74, 6) is -1.28. The molecule has 3 nitrogen and oxygen atoms in total. The molecule has 0 aromatic heterocycles. The zero-order chi connectivity index (χ0) is 15.2. The fourth-order valence-electron chi connectivity index (χ4n) is 1.75. The molecule has 21 heavy (non-hydrogen) atoms. The molecule has 0 saturated carbocycles. The molecule has 2 N–H and O–H groups in total. The van der Waals surface area contributed by atoms with Crippen molar-refractivity contribution in [2.45, 2.75) is 6.54 Å². The van der Waals surface area contributed by atoms with Crippen LogP contribution in [0.1, 0.15) is 5.56 Å². The standard InChI is InChI=1S/C15H13BrF2N2O/c16-12-3-1-2-4-14(12)20-15(21)9-19-8-10-7-11(17)5-6-13(10)18/h1-7,19H,8-9H2,(H,20,21). The van der Waals surface area contributed by atoms with Crippen molar-refractivity contribution >= 4 is 27.5 Å². The van der Waals surface area contributed by atoms with Crippen molar-refractivity contribution < 1.29 is 13.6 Å². The topological polar surface area (TPSA) is 41.1 Å². The second kappa shape index (κ2) is 7.28. The van der Waals surface area contributed by atoms with Gasteiger partial charge < -0.3 is 10.6 Å². The first-order valence-corrected chi connectivity index (χ1v) is 7.04. The average molecular weight is 355 g/mol. The van der Waals surface area contributed by atoms with E-state index in [2.05, 4.69) is 26.6 Å². The van der Waals surface area contributed by atoms with E-state index < -0.39 is 11.6 Å². The molecule has 0 heterocycles. The third-order valence-corrected chi connectivity index (χ3v) is 3.45. The first-order chi connectivity index (χ1) is 10.1. The number of rotatable bonds is 5. The largest absolute Gasteiger partial charge is 0.324 e. The molecule has 2 rings (SSSR count). The highest BCUT2D eigenvalue weighted by Crippen LogP contribution is 2.20. The van der Waals surface area contributed by atoms with Crippen LogP contribution in [0.4, 0.5) is 14.5 Å². The Balaban J connectivity index is 1.85. The van der Waals surface area contributed by atoms with Gasteiger partial charge in [-0.25, -0.2) is 8.78 Å². The van der Waals surface area contributed by atoms with E-state index in [-0.39, 0.29) is 24.6 Å². The van der Waals surface area contributed by atoms with Crippen molar-refractivity contribution in [2.24, 2.45) is 0 Å². The summed E-state index contributed by atoms with van der Waals surface area (Å²) in [7, 11) is 0. The summed E-state index contributed by atoms with van der Waals surface area (Å²) in [4.78, 5) is 11.7. The molecule has 0 atom stereocenters. The lowest BCUT2D eigenvalue weighted by molar-refractivity contribution is -0.115. The van der Waals surface area contributed by atoms with Crippen molar-refractivity contribution in [1.29, 1.82) is 0 Å². The highest BCUT2D eigenvalue weighted by molar-refractivity contribution is 9.10. The third kappa shape index (κ3) is 4.61. The maximum atomic E-state index is 13.4. The number of benzene rings is 2. The number of amides is 1. The van der Waals surface area contributed by atoms with Gasteiger partial charge in [0.1, 0.15) is 11.6 Å². The predicted octanol–water partition coefficient (Wildman–Crippen LogP) is 3.46. The summed E-state index contributed by atoms with van der Waals surface area (Å²) < 4.78 is 27.1. The Morgan fingerprint density at radius 2 is 1.90 bits per heavy atom. The van der Waals surface area contributed by atoms with Gasteiger partial charge in [0.25, 0.3) is 0 Å². The Hall–Kier alpha value is -1.79. The first kappa shape index (κ1) is 15.6. The molecule has 0 aliphatic carbocycles. The zero-order valence-corrected chi connectivity index (χ0v) is 12.6. The predicted molar refractivity (Wildman–Crippen MR) is 80.8 cm³/mol. The Morgan fingerprint density at radius 1 is 1.14 bits per heavy atom. The van der Waals surface area contributed by atoms with Gasteiger partial charge in [0, 0.05) is 16.6 Å². The van der Waals surface area contributed by atoms with Crippen LogP contribution in [0.5, 0.6) is 0 Å². The number of anilines is 1. The van der Waals surface area contributed by atoms with E-state index in [1.165, 1.54) is 0 Å². The van der Waals surface area contributed by atoms with Crippen LogP contribution in [-0.2, 0) is 11.3 Å². The second-order valence-corrected chi connectivity index (χ2v) is 5.22. The lowest BCUT2D eigenvalue weighted by atomic mass is 10.2. The SMILES string of the molecule is O=C(CNCc1cc(F)ccc1F)Nc1ccccc1Br. The third-order valence-electron chi connectivity index (χ3n) is 2.76. The molecule has 0 bridgehead atoms. The van der Waals surface area contributed by atoms with Gasteiger partial charge in [-0.1, -0.05) is 12.1 Å². The van der Waals surface area contributed by atoms with E-state index in [1.54, 1.807) is 12.1 Å². The van der Waals surface area contributed by atoms with Crippen LogP contribution in [0.3, 0.4) is 0 Å². The Labute approximate surface area is 129 Å². The van der Waals surface area contributed by atoms with Gasteiger partial charge in [0.2, 0.25) is 5.91 Å². The summed E-state index contributed by atoms with van der Waals surface area (Å²) >= 11 is 3.32. The molecule has 2 aromatic rings. The van der Waals surface area contributed by atoms with Gasteiger partial charge in [-0.2, -0.15) is 0 Å². The number of hydrogen-bond donors (Lipinski definition) is 2. The second-order valence-electron chi connectivity index (χ2n) is 4.37. The van der Waals surface area contributed by atoms with Crippen molar-refractivity contribution in [3.8, 4) is 0 Å². The molecular weight excluding hydrogens is 342 g/mol.